The highest BCUT2D eigenvalue weighted by Crippen LogP contribution is 2.20. The van der Waals surface area contributed by atoms with E-state index in [2.05, 4.69) is 5.32 Å². The van der Waals surface area contributed by atoms with Crippen LogP contribution >= 0.6 is 11.8 Å². The van der Waals surface area contributed by atoms with Crippen LogP contribution in [0.15, 0.2) is 64.9 Å². The lowest BCUT2D eigenvalue weighted by Crippen LogP contribution is -2.30. The van der Waals surface area contributed by atoms with Crippen molar-refractivity contribution in [3.63, 3.8) is 0 Å². The molecule has 0 saturated carbocycles. The Hall–Kier alpha value is -2.53. The minimum absolute atomic E-state index is 0.352. The van der Waals surface area contributed by atoms with Gasteiger partial charge in [0.25, 0.3) is 5.91 Å². The van der Waals surface area contributed by atoms with Crippen molar-refractivity contribution in [3.05, 3.63) is 71.1 Å². The van der Waals surface area contributed by atoms with E-state index in [4.69, 9.17) is 4.74 Å². The summed E-state index contributed by atoms with van der Waals surface area (Å²) in [6.07, 6.45) is 0.443. The number of hydrogen-bond acceptors (Lipinski definition) is 4. The van der Waals surface area contributed by atoms with Crippen molar-refractivity contribution in [1.82, 2.24) is 0 Å². The van der Waals surface area contributed by atoms with Gasteiger partial charge in [-0.3, -0.25) is 4.79 Å². The first-order valence-corrected chi connectivity index (χ1v) is 8.81. The zero-order valence-electron chi connectivity index (χ0n) is 14.5. The number of aryl methyl sites for hydroxylation is 2. The van der Waals surface area contributed by atoms with Gasteiger partial charge in [0.1, 0.15) is 0 Å². The number of rotatable bonds is 6. The quantitative estimate of drug-likeness (QED) is 0.471. The van der Waals surface area contributed by atoms with Gasteiger partial charge in [0, 0.05) is 16.7 Å². The van der Waals surface area contributed by atoms with Crippen LogP contribution in [0, 0.1) is 13.8 Å². The molecular weight excluding hydrogens is 334 g/mol. The summed E-state index contributed by atoms with van der Waals surface area (Å²) in [6, 6.07) is 15.4. The molecule has 2 rings (SSSR count). The molecule has 0 bridgehead atoms. The third-order valence-electron chi connectivity index (χ3n) is 3.54. The van der Waals surface area contributed by atoms with Crippen molar-refractivity contribution in [2.24, 2.45) is 0 Å². The molecule has 0 saturated heterocycles. The third-order valence-corrected chi connectivity index (χ3v) is 4.36. The first-order valence-electron chi connectivity index (χ1n) is 7.93. The van der Waals surface area contributed by atoms with Gasteiger partial charge in [-0.25, -0.2) is 4.79 Å². The van der Waals surface area contributed by atoms with Crippen molar-refractivity contribution in [3.8, 4) is 0 Å². The van der Waals surface area contributed by atoms with E-state index in [1.54, 1.807) is 12.3 Å². The number of benzene rings is 2. The van der Waals surface area contributed by atoms with E-state index in [-0.39, 0.29) is 5.91 Å². The number of carbonyl (C=O) groups is 2. The standard InChI is InChI=1S/C20H21NO3S/c1-14-8-7-9-15(2)19(14)21-20(23)16(3)24-18(22)12-13-25-17-10-5-4-6-11-17/h4-13,16H,1-3H3,(H,21,23)/b13-12+/t16-/m1/s1. The monoisotopic (exact) mass is 355 g/mol. The highest BCUT2D eigenvalue weighted by atomic mass is 32.2. The first kappa shape index (κ1) is 18.8. The molecule has 0 spiro atoms. The van der Waals surface area contributed by atoms with Crippen LogP contribution in [0.2, 0.25) is 0 Å². The Morgan fingerprint density at radius 1 is 1.04 bits per heavy atom. The van der Waals surface area contributed by atoms with Gasteiger partial charge in [-0.15, -0.1) is 0 Å². The second-order valence-electron chi connectivity index (χ2n) is 5.57. The molecule has 1 amide bonds. The van der Waals surface area contributed by atoms with Crippen LogP contribution in [-0.4, -0.2) is 18.0 Å². The topological polar surface area (TPSA) is 55.4 Å². The van der Waals surface area contributed by atoms with Crippen LogP contribution in [0.25, 0.3) is 0 Å². The van der Waals surface area contributed by atoms with Crippen LogP contribution in [0.4, 0.5) is 5.69 Å². The molecule has 0 aromatic heterocycles. The molecule has 1 atom stereocenters. The Kier molecular flexibility index (Phi) is 6.83. The molecule has 130 valence electrons. The number of esters is 1. The molecule has 0 aliphatic rings. The minimum Gasteiger partial charge on any atom is -0.449 e. The number of thioether (sulfide) groups is 1. The van der Waals surface area contributed by atoms with E-state index in [0.717, 1.165) is 21.7 Å². The Bertz CT molecular complexity index is 752. The van der Waals surface area contributed by atoms with Crippen LogP contribution < -0.4 is 5.32 Å². The molecule has 0 aliphatic carbocycles. The summed E-state index contributed by atoms with van der Waals surface area (Å²) in [5.74, 6) is -0.901. The molecule has 0 radical (unpaired) electrons. The fraction of sp³-hybridized carbons (Fsp3) is 0.200. The Morgan fingerprint density at radius 3 is 2.32 bits per heavy atom. The Balaban J connectivity index is 1.87. The molecule has 5 heteroatoms. The molecule has 0 heterocycles. The van der Waals surface area contributed by atoms with E-state index < -0.39 is 12.1 Å². The Labute approximate surface area is 152 Å². The summed E-state index contributed by atoms with van der Waals surface area (Å²) in [7, 11) is 0. The van der Waals surface area contributed by atoms with Crippen molar-refractivity contribution < 1.29 is 14.3 Å². The lowest BCUT2D eigenvalue weighted by molar-refractivity contribution is -0.148. The smallest absolute Gasteiger partial charge is 0.332 e. The lowest BCUT2D eigenvalue weighted by Gasteiger charge is -2.15. The molecule has 1 N–H and O–H groups in total. The molecule has 25 heavy (non-hydrogen) atoms. The Morgan fingerprint density at radius 2 is 1.68 bits per heavy atom. The number of ether oxygens (including phenoxy) is 1. The zero-order chi connectivity index (χ0) is 18.2. The van der Waals surface area contributed by atoms with E-state index in [1.807, 2.05) is 62.4 Å². The second-order valence-corrected chi connectivity index (χ2v) is 6.55. The van der Waals surface area contributed by atoms with Crippen molar-refractivity contribution in [2.75, 3.05) is 5.32 Å². The zero-order valence-corrected chi connectivity index (χ0v) is 15.3. The van der Waals surface area contributed by atoms with E-state index in [9.17, 15) is 9.59 Å². The highest BCUT2D eigenvalue weighted by molar-refractivity contribution is 8.02. The van der Waals surface area contributed by atoms with Gasteiger partial charge in [0.2, 0.25) is 0 Å². The van der Waals surface area contributed by atoms with Gasteiger partial charge in [0.05, 0.1) is 0 Å². The summed E-state index contributed by atoms with van der Waals surface area (Å²) < 4.78 is 5.15. The number of carbonyl (C=O) groups excluding carboxylic acids is 2. The number of para-hydroxylation sites is 1. The lowest BCUT2D eigenvalue weighted by atomic mass is 10.1. The fourth-order valence-electron chi connectivity index (χ4n) is 2.17. The summed E-state index contributed by atoms with van der Waals surface area (Å²) >= 11 is 1.41. The molecule has 2 aromatic carbocycles. The maximum absolute atomic E-state index is 12.2. The van der Waals surface area contributed by atoms with Crippen molar-refractivity contribution in [1.29, 1.82) is 0 Å². The normalized spacial score (nSPS) is 12.0. The summed E-state index contributed by atoms with van der Waals surface area (Å²) in [6.45, 7) is 5.39. The maximum Gasteiger partial charge on any atom is 0.332 e. The molecule has 0 fully saturated rings. The first-order chi connectivity index (χ1) is 12.0. The molecular formula is C20H21NO3S. The van der Waals surface area contributed by atoms with E-state index in [0.29, 0.717) is 0 Å². The van der Waals surface area contributed by atoms with Gasteiger partial charge < -0.3 is 10.1 Å². The third kappa shape index (κ3) is 5.80. The van der Waals surface area contributed by atoms with Gasteiger partial charge in [-0.1, -0.05) is 48.2 Å². The number of nitrogens with one attached hydrogen (secondary N) is 1. The molecule has 2 aromatic rings. The van der Waals surface area contributed by atoms with Gasteiger partial charge in [-0.05, 0) is 49.4 Å². The number of amides is 1. The summed E-state index contributed by atoms with van der Waals surface area (Å²) in [5.41, 5.74) is 2.68. The average Bonchev–Trinajstić information content (AvgIpc) is 2.59. The highest BCUT2D eigenvalue weighted by Gasteiger charge is 2.18. The van der Waals surface area contributed by atoms with E-state index in [1.165, 1.54) is 17.8 Å². The predicted molar refractivity (Wildman–Crippen MR) is 102 cm³/mol. The number of anilines is 1. The molecule has 0 unspecified atom stereocenters. The van der Waals surface area contributed by atoms with Crippen LogP contribution in [0.5, 0.6) is 0 Å². The fourth-order valence-corrected chi connectivity index (χ4v) is 2.82. The van der Waals surface area contributed by atoms with Gasteiger partial charge >= 0.3 is 5.97 Å². The summed E-state index contributed by atoms with van der Waals surface area (Å²) in [5, 5.41) is 4.47. The number of hydrogen-bond donors (Lipinski definition) is 1. The molecule has 0 aliphatic heterocycles. The molecule has 4 nitrogen and oxygen atoms in total. The largest absolute Gasteiger partial charge is 0.449 e. The maximum atomic E-state index is 12.2. The summed E-state index contributed by atoms with van der Waals surface area (Å²) in [4.78, 5) is 25.1. The predicted octanol–water partition coefficient (Wildman–Crippen LogP) is 4.48. The van der Waals surface area contributed by atoms with Gasteiger partial charge in [-0.2, -0.15) is 0 Å². The minimum atomic E-state index is -0.877. The SMILES string of the molecule is Cc1cccc(C)c1NC(=O)[C@@H](C)OC(=O)/C=C/Sc1ccccc1. The van der Waals surface area contributed by atoms with Gasteiger partial charge in [0.15, 0.2) is 6.10 Å². The average molecular weight is 355 g/mol. The second kappa shape index (κ2) is 9.08. The van der Waals surface area contributed by atoms with Crippen LogP contribution in [0.3, 0.4) is 0 Å². The van der Waals surface area contributed by atoms with Crippen molar-refractivity contribution >= 4 is 29.3 Å². The van der Waals surface area contributed by atoms with Crippen LogP contribution in [0.1, 0.15) is 18.1 Å². The van der Waals surface area contributed by atoms with E-state index >= 15 is 0 Å². The van der Waals surface area contributed by atoms with Crippen LogP contribution in [-0.2, 0) is 14.3 Å². The van der Waals surface area contributed by atoms with Crippen molar-refractivity contribution in [2.45, 2.75) is 31.8 Å².